The van der Waals surface area contributed by atoms with E-state index in [4.69, 9.17) is 4.74 Å². The molecule has 1 aromatic heterocycles. The first-order valence-corrected chi connectivity index (χ1v) is 6.57. The van der Waals surface area contributed by atoms with Crippen molar-refractivity contribution in [3.05, 3.63) is 23.9 Å². The Balaban J connectivity index is 2.26. The maximum absolute atomic E-state index is 5.64. The van der Waals surface area contributed by atoms with E-state index in [9.17, 15) is 0 Å². The van der Waals surface area contributed by atoms with Gasteiger partial charge in [-0.3, -0.25) is 4.90 Å². The molecule has 17 heavy (non-hydrogen) atoms. The van der Waals surface area contributed by atoms with E-state index in [-0.39, 0.29) is 0 Å². The predicted octanol–water partition coefficient (Wildman–Crippen LogP) is 3.03. The average molecular weight is 234 g/mol. The van der Waals surface area contributed by atoms with Crippen LogP contribution in [0.25, 0.3) is 0 Å². The molecule has 1 atom stereocenters. The van der Waals surface area contributed by atoms with Crippen molar-refractivity contribution in [2.75, 3.05) is 13.2 Å². The summed E-state index contributed by atoms with van der Waals surface area (Å²) in [5, 5.41) is 0. The van der Waals surface area contributed by atoms with Gasteiger partial charge in [0, 0.05) is 23.8 Å². The van der Waals surface area contributed by atoms with Crippen LogP contribution in [0.4, 0.5) is 0 Å². The van der Waals surface area contributed by atoms with Gasteiger partial charge in [-0.25, -0.2) is 4.98 Å². The second-order valence-corrected chi connectivity index (χ2v) is 4.82. The number of aromatic nitrogens is 1. The van der Waals surface area contributed by atoms with Crippen LogP contribution >= 0.6 is 0 Å². The number of rotatable bonds is 4. The molecule has 0 aliphatic carbocycles. The molecule has 3 nitrogen and oxygen atoms in total. The average Bonchev–Trinajstić information content (AvgIpc) is 2.79. The largest absolute Gasteiger partial charge is 0.478 e. The van der Waals surface area contributed by atoms with Crippen molar-refractivity contribution in [1.29, 1.82) is 0 Å². The molecule has 2 heterocycles. The highest BCUT2D eigenvalue weighted by atomic mass is 16.5. The molecule has 0 bridgehead atoms. The van der Waals surface area contributed by atoms with Crippen LogP contribution in [0, 0.1) is 0 Å². The Morgan fingerprint density at radius 3 is 3.06 bits per heavy atom. The quantitative estimate of drug-likeness (QED) is 0.800. The maximum atomic E-state index is 5.64. The molecule has 2 rings (SSSR count). The van der Waals surface area contributed by atoms with Crippen LogP contribution in [0.5, 0.6) is 5.88 Å². The van der Waals surface area contributed by atoms with Crippen LogP contribution < -0.4 is 4.74 Å². The molecule has 0 unspecified atom stereocenters. The van der Waals surface area contributed by atoms with Gasteiger partial charge in [0.05, 0.1) is 6.61 Å². The number of hydrogen-bond acceptors (Lipinski definition) is 3. The van der Waals surface area contributed by atoms with Gasteiger partial charge >= 0.3 is 0 Å². The summed E-state index contributed by atoms with van der Waals surface area (Å²) in [7, 11) is 0. The molecule has 1 aliphatic rings. The minimum absolute atomic E-state index is 0.477. The fourth-order valence-corrected chi connectivity index (χ4v) is 2.66. The standard InChI is InChI=1S/C14H22N2O/c1-4-17-14-12(7-5-9-15-14)13-8-6-10-16(13)11(2)3/h5,7,9,11,13H,4,6,8,10H2,1-3H3/t13-/m0/s1. The fourth-order valence-electron chi connectivity index (χ4n) is 2.66. The molecule has 0 aromatic carbocycles. The highest BCUT2D eigenvalue weighted by molar-refractivity contribution is 5.29. The maximum Gasteiger partial charge on any atom is 0.218 e. The lowest BCUT2D eigenvalue weighted by molar-refractivity contribution is 0.199. The summed E-state index contributed by atoms with van der Waals surface area (Å²) in [4.78, 5) is 6.90. The summed E-state index contributed by atoms with van der Waals surface area (Å²) < 4.78 is 5.64. The number of pyridine rings is 1. The van der Waals surface area contributed by atoms with E-state index < -0.39 is 0 Å². The second-order valence-electron chi connectivity index (χ2n) is 4.82. The molecule has 1 fully saturated rings. The van der Waals surface area contributed by atoms with Gasteiger partial charge in [0.15, 0.2) is 0 Å². The van der Waals surface area contributed by atoms with Crippen LogP contribution in [-0.4, -0.2) is 29.1 Å². The van der Waals surface area contributed by atoms with Crippen LogP contribution in [0.1, 0.15) is 45.2 Å². The summed E-state index contributed by atoms with van der Waals surface area (Å²) in [5.41, 5.74) is 1.25. The molecule has 0 amide bonds. The van der Waals surface area contributed by atoms with E-state index >= 15 is 0 Å². The third-order valence-corrected chi connectivity index (χ3v) is 3.40. The minimum atomic E-state index is 0.477. The van der Waals surface area contributed by atoms with Gasteiger partial charge in [0.25, 0.3) is 0 Å². The van der Waals surface area contributed by atoms with Gasteiger partial charge in [0.2, 0.25) is 5.88 Å². The van der Waals surface area contributed by atoms with Gasteiger partial charge in [-0.15, -0.1) is 0 Å². The molecule has 1 aromatic rings. The number of nitrogens with zero attached hydrogens (tertiary/aromatic N) is 2. The van der Waals surface area contributed by atoms with Crippen molar-refractivity contribution < 1.29 is 4.74 Å². The first-order valence-electron chi connectivity index (χ1n) is 6.57. The zero-order valence-electron chi connectivity index (χ0n) is 11.0. The van der Waals surface area contributed by atoms with Crippen molar-refractivity contribution in [3.63, 3.8) is 0 Å². The molecule has 3 heteroatoms. The van der Waals surface area contributed by atoms with Crippen molar-refractivity contribution in [3.8, 4) is 5.88 Å². The summed E-state index contributed by atoms with van der Waals surface area (Å²) in [6.45, 7) is 8.39. The summed E-state index contributed by atoms with van der Waals surface area (Å²) in [6.07, 6.45) is 4.29. The van der Waals surface area contributed by atoms with E-state index in [2.05, 4.69) is 29.8 Å². The summed E-state index contributed by atoms with van der Waals surface area (Å²) in [6, 6.07) is 5.22. The van der Waals surface area contributed by atoms with Gasteiger partial charge in [-0.1, -0.05) is 6.07 Å². The minimum Gasteiger partial charge on any atom is -0.478 e. The third-order valence-electron chi connectivity index (χ3n) is 3.40. The molecule has 1 saturated heterocycles. The lowest BCUT2D eigenvalue weighted by Crippen LogP contribution is -2.30. The van der Waals surface area contributed by atoms with Crippen LogP contribution in [0.15, 0.2) is 18.3 Å². The van der Waals surface area contributed by atoms with E-state index in [0.717, 1.165) is 5.88 Å². The SMILES string of the molecule is CCOc1ncccc1[C@@H]1CCCN1C(C)C. The molecule has 1 aliphatic heterocycles. The van der Waals surface area contributed by atoms with Gasteiger partial charge in [0.1, 0.15) is 0 Å². The summed E-state index contributed by atoms with van der Waals surface area (Å²) >= 11 is 0. The zero-order valence-corrected chi connectivity index (χ0v) is 11.0. The number of ether oxygens (including phenoxy) is 1. The smallest absolute Gasteiger partial charge is 0.218 e. The molecular formula is C14H22N2O. The fraction of sp³-hybridized carbons (Fsp3) is 0.643. The molecule has 0 N–H and O–H groups in total. The predicted molar refractivity (Wildman–Crippen MR) is 69.2 cm³/mol. The van der Waals surface area contributed by atoms with Gasteiger partial charge in [-0.2, -0.15) is 0 Å². The normalized spacial score (nSPS) is 21.1. The Kier molecular flexibility index (Phi) is 4.00. The number of likely N-dealkylation sites (tertiary alicyclic amines) is 1. The van der Waals surface area contributed by atoms with Crippen molar-refractivity contribution in [2.24, 2.45) is 0 Å². The van der Waals surface area contributed by atoms with E-state index in [0.29, 0.717) is 18.7 Å². The Morgan fingerprint density at radius 2 is 2.35 bits per heavy atom. The molecule has 0 spiro atoms. The summed E-state index contributed by atoms with van der Waals surface area (Å²) in [5.74, 6) is 0.813. The first kappa shape index (κ1) is 12.4. The lowest BCUT2D eigenvalue weighted by atomic mass is 10.1. The topological polar surface area (TPSA) is 25.4 Å². The van der Waals surface area contributed by atoms with E-state index in [1.807, 2.05) is 19.2 Å². The number of hydrogen-bond donors (Lipinski definition) is 0. The first-order chi connectivity index (χ1) is 8.24. The molecule has 94 valence electrons. The zero-order chi connectivity index (χ0) is 12.3. The van der Waals surface area contributed by atoms with E-state index in [1.54, 1.807) is 0 Å². The van der Waals surface area contributed by atoms with Crippen molar-refractivity contribution in [1.82, 2.24) is 9.88 Å². The Labute approximate surface area is 104 Å². The van der Waals surface area contributed by atoms with Crippen LogP contribution in [0.2, 0.25) is 0 Å². The van der Waals surface area contributed by atoms with E-state index in [1.165, 1.54) is 24.9 Å². The van der Waals surface area contributed by atoms with Crippen LogP contribution in [0.3, 0.4) is 0 Å². The lowest BCUT2D eigenvalue weighted by Gasteiger charge is -2.29. The highest BCUT2D eigenvalue weighted by Gasteiger charge is 2.30. The van der Waals surface area contributed by atoms with Gasteiger partial charge in [-0.05, 0) is 46.2 Å². The monoisotopic (exact) mass is 234 g/mol. The second kappa shape index (κ2) is 5.50. The highest BCUT2D eigenvalue weighted by Crippen LogP contribution is 2.36. The van der Waals surface area contributed by atoms with Crippen LogP contribution in [-0.2, 0) is 0 Å². The molecule has 0 saturated carbocycles. The Morgan fingerprint density at radius 1 is 1.53 bits per heavy atom. The van der Waals surface area contributed by atoms with Crippen molar-refractivity contribution >= 4 is 0 Å². The van der Waals surface area contributed by atoms with Crippen molar-refractivity contribution in [2.45, 2.75) is 45.7 Å². The van der Waals surface area contributed by atoms with Gasteiger partial charge < -0.3 is 4.74 Å². The Hall–Kier alpha value is -1.09. The Bertz CT molecular complexity index is 365. The molecular weight excluding hydrogens is 212 g/mol. The molecule has 0 radical (unpaired) electrons. The third kappa shape index (κ3) is 2.60.